The number of amides is 1. The molecule has 0 saturated carbocycles. The number of aliphatic carboxylic acids is 2. The Kier molecular flexibility index (Phi) is 9.04. The molecule has 0 bridgehead atoms. The number of hydrogen-bond acceptors (Lipinski definition) is 6. The number of halogens is 5. The fraction of sp³-hybridized carbons (Fsp3) is 0.241. The maximum Gasteiger partial charge on any atom is 0.416 e. The van der Waals surface area contributed by atoms with Crippen molar-refractivity contribution in [2.45, 2.75) is 44.9 Å². The van der Waals surface area contributed by atoms with E-state index in [1.807, 2.05) is 13.8 Å². The van der Waals surface area contributed by atoms with E-state index in [0.717, 1.165) is 12.1 Å². The molecule has 0 aliphatic carbocycles. The second-order valence-corrected chi connectivity index (χ2v) is 10.7. The van der Waals surface area contributed by atoms with E-state index in [4.69, 9.17) is 26.6 Å². The van der Waals surface area contributed by atoms with Gasteiger partial charge in [-0.3, -0.25) is 14.4 Å². The predicted molar refractivity (Wildman–Crippen MR) is 153 cm³/mol. The first-order chi connectivity index (χ1) is 20.5. The predicted octanol–water partition coefficient (Wildman–Crippen LogP) is 7.02. The van der Waals surface area contributed by atoms with Gasteiger partial charge in [0.2, 0.25) is 5.95 Å². The number of rotatable bonds is 7. The number of nitrogens with one attached hydrogen (secondary N) is 3. The number of imidazole rings is 1. The molecule has 0 spiro atoms. The molecule has 0 unspecified atom stereocenters. The monoisotopic (exact) mass is 636 g/mol. The van der Waals surface area contributed by atoms with Gasteiger partial charge in [0, 0.05) is 17.7 Å². The Morgan fingerprint density at radius 2 is 1.70 bits per heavy atom. The molecule has 1 aromatic heterocycles. The molecular weight excluding hydrogens is 612 g/mol. The van der Waals surface area contributed by atoms with Crippen molar-refractivity contribution in [2.75, 3.05) is 10.6 Å². The molecule has 4 aromatic rings. The van der Waals surface area contributed by atoms with Gasteiger partial charge >= 0.3 is 18.1 Å². The van der Waals surface area contributed by atoms with Crippen molar-refractivity contribution in [3.05, 3.63) is 76.1 Å². The summed E-state index contributed by atoms with van der Waals surface area (Å²) in [6.45, 7) is 3.72. The number of alkyl halides is 3. The summed E-state index contributed by atoms with van der Waals surface area (Å²) in [5.74, 6) is -2.73. The quantitative estimate of drug-likeness (QED) is 0.136. The van der Waals surface area contributed by atoms with Crippen molar-refractivity contribution in [3.8, 4) is 5.75 Å². The number of aromatic nitrogens is 2. The number of hydrogen-bond donors (Lipinski definition) is 5. The Balaban J connectivity index is 0.000000488. The summed E-state index contributed by atoms with van der Waals surface area (Å²) < 4.78 is 58.9. The zero-order valence-corrected chi connectivity index (χ0v) is 23.9. The number of ether oxygens (including phenoxy) is 1. The van der Waals surface area contributed by atoms with Gasteiger partial charge in [-0.15, -0.1) is 0 Å². The summed E-state index contributed by atoms with van der Waals surface area (Å²) in [7, 11) is 0. The van der Waals surface area contributed by atoms with Crippen LogP contribution in [0.25, 0.3) is 11.0 Å². The first kappa shape index (κ1) is 32.1. The van der Waals surface area contributed by atoms with E-state index in [-0.39, 0.29) is 40.8 Å². The van der Waals surface area contributed by atoms with E-state index in [2.05, 4.69) is 20.6 Å². The van der Waals surface area contributed by atoms with Crippen LogP contribution in [0, 0.1) is 5.82 Å². The Hall–Kier alpha value is -4.85. The Bertz CT molecular complexity index is 1700. The number of carbonyl (C=O) groups is 3. The maximum atomic E-state index is 14.3. The van der Waals surface area contributed by atoms with Crippen LogP contribution < -0.4 is 15.4 Å². The Morgan fingerprint density at radius 3 is 2.27 bits per heavy atom. The van der Waals surface area contributed by atoms with Crippen LogP contribution in [0.15, 0.2) is 48.5 Å². The van der Waals surface area contributed by atoms with Crippen molar-refractivity contribution in [1.29, 1.82) is 0 Å². The van der Waals surface area contributed by atoms with E-state index >= 15 is 0 Å². The second kappa shape index (κ2) is 12.4. The van der Waals surface area contributed by atoms with Crippen LogP contribution in [-0.4, -0.2) is 43.6 Å². The molecule has 0 saturated heterocycles. The van der Waals surface area contributed by atoms with Crippen molar-refractivity contribution >= 4 is 57.8 Å². The number of benzene rings is 3. The van der Waals surface area contributed by atoms with Gasteiger partial charge in [-0.1, -0.05) is 17.7 Å². The minimum Gasteiger partial charge on any atom is -0.486 e. The zero-order valence-electron chi connectivity index (χ0n) is 23.1. The average molecular weight is 637 g/mol. The number of carbonyl (C=O) groups excluding carboxylic acids is 1. The van der Waals surface area contributed by atoms with Crippen LogP contribution in [0.3, 0.4) is 0 Å². The third-order valence-corrected chi connectivity index (χ3v) is 6.59. The van der Waals surface area contributed by atoms with E-state index in [9.17, 15) is 31.9 Å². The summed E-state index contributed by atoms with van der Waals surface area (Å²) in [4.78, 5) is 40.0. The maximum absolute atomic E-state index is 14.3. The van der Waals surface area contributed by atoms with Gasteiger partial charge in [0.1, 0.15) is 17.2 Å². The second-order valence-electron chi connectivity index (χ2n) is 10.3. The summed E-state index contributed by atoms with van der Waals surface area (Å²) in [5, 5.41) is 21.4. The lowest BCUT2D eigenvalue weighted by atomic mass is 9.98. The number of para-hydroxylation sites is 1. The molecule has 1 aliphatic rings. The molecule has 1 amide bonds. The molecule has 1 aliphatic heterocycles. The molecule has 15 heteroatoms. The summed E-state index contributed by atoms with van der Waals surface area (Å²) in [5.41, 5.74) is 0.689. The molecule has 0 atom stereocenters. The van der Waals surface area contributed by atoms with Crippen molar-refractivity contribution < 1.29 is 46.9 Å². The first-order valence-electron chi connectivity index (χ1n) is 12.9. The number of nitrogens with zero attached hydrogens (tertiary/aromatic N) is 1. The minimum absolute atomic E-state index is 0.0479. The Labute approximate surface area is 252 Å². The Morgan fingerprint density at radius 1 is 1.07 bits per heavy atom. The topological polar surface area (TPSA) is 154 Å². The van der Waals surface area contributed by atoms with Crippen molar-refractivity contribution in [3.63, 3.8) is 0 Å². The SMILES string of the molecule is CC1(C)Cc2c(c(C(=O)Nc3ccc(C(F)(F)F)cc3)cc3[nH]c(Nc4c(F)cccc4Cl)nc23)O1.O=C(O)CCC(=O)O. The number of carboxylic acids is 2. The van der Waals surface area contributed by atoms with Gasteiger partial charge in [0.05, 0.1) is 45.7 Å². The standard InChI is InChI=1S/C25H19ClF4N4O2.C4H6O4/c1-24(2)11-15-19-18(32-23(33-19)34-20-16(26)4-3-5-17(20)27)10-14(21(15)36-24)22(35)31-13-8-6-12(7-9-13)25(28,29)30;5-3(6)1-2-4(7)8/h3-10H,11H2,1-2H3,(H,31,35)(H2,32,33,34);1-2H2,(H,5,6)(H,7,8). The molecular formula is C29H25ClF4N4O6. The fourth-order valence-corrected chi connectivity index (χ4v) is 4.55. The van der Waals surface area contributed by atoms with Crippen LogP contribution >= 0.6 is 11.6 Å². The molecule has 5 N–H and O–H groups in total. The van der Waals surface area contributed by atoms with Crippen LogP contribution in [-0.2, 0) is 22.2 Å². The molecule has 44 heavy (non-hydrogen) atoms. The normalized spacial score (nSPS) is 13.3. The average Bonchev–Trinajstić information content (AvgIpc) is 3.48. The third kappa shape index (κ3) is 7.56. The van der Waals surface area contributed by atoms with Crippen LogP contribution in [0.5, 0.6) is 5.75 Å². The lowest BCUT2D eigenvalue weighted by molar-refractivity contribution is -0.143. The zero-order chi connectivity index (χ0) is 32.4. The lowest BCUT2D eigenvalue weighted by Crippen LogP contribution is -2.25. The van der Waals surface area contributed by atoms with Gasteiger partial charge in [-0.25, -0.2) is 9.37 Å². The molecule has 0 fully saturated rings. The van der Waals surface area contributed by atoms with E-state index in [0.29, 0.717) is 28.8 Å². The van der Waals surface area contributed by atoms with Gasteiger partial charge in [0.25, 0.3) is 5.91 Å². The highest BCUT2D eigenvalue weighted by atomic mass is 35.5. The molecule has 2 heterocycles. The molecule has 0 radical (unpaired) electrons. The van der Waals surface area contributed by atoms with Gasteiger partial charge in [0.15, 0.2) is 0 Å². The van der Waals surface area contributed by atoms with Gasteiger partial charge in [-0.05, 0) is 56.3 Å². The summed E-state index contributed by atoms with van der Waals surface area (Å²) in [6.07, 6.45) is -4.62. The van der Waals surface area contributed by atoms with E-state index < -0.39 is 41.0 Å². The molecule has 232 valence electrons. The van der Waals surface area contributed by atoms with Gasteiger partial charge in [-0.2, -0.15) is 13.2 Å². The molecule has 3 aromatic carbocycles. The van der Waals surface area contributed by atoms with E-state index in [1.165, 1.54) is 36.4 Å². The van der Waals surface area contributed by atoms with E-state index in [1.54, 1.807) is 0 Å². The highest BCUT2D eigenvalue weighted by Gasteiger charge is 2.36. The van der Waals surface area contributed by atoms with Crippen molar-refractivity contribution in [2.24, 2.45) is 0 Å². The highest BCUT2D eigenvalue weighted by Crippen LogP contribution is 2.43. The van der Waals surface area contributed by atoms with Gasteiger partial charge < -0.3 is 30.6 Å². The van der Waals surface area contributed by atoms with Crippen LogP contribution in [0.1, 0.15) is 48.2 Å². The number of fused-ring (bicyclic) bond motifs is 3. The lowest BCUT2D eigenvalue weighted by Gasteiger charge is -2.18. The fourth-order valence-electron chi connectivity index (χ4n) is 4.34. The van der Waals surface area contributed by atoms with Crippen LogP contribution in [0.2, 0.25) is 5.02 Å². The highest BCUT2D eigenvalue weighted by molar-refractivity contribution is 6.33. The third-order valence-electron chi connectivity index (χ3n) is 6.28. The number of H-pyrrole nitrogens is 1. The van der Waals surface area contributed by atoms with Crippen molar-refractivity contribution in [1.82, 2.24) is 9.97 Å². The van der Waals surface area contributed by atoms with Crippen LogP contribution in [0.4, 0.5) is 34.9 Å². The molecule has 10 nitrogen and oxygen atoms in total. The summed E-state index contributed by atoms with van der Waals surface area (Å²) >= 11 is 6.11. The summed E-state index contributed by atoms with van der Waals surface area (Å²) in [6, 6.07) is 9.96. The number of aromatic amines is 1. The first-order valence-corrected chi connectivity index (χ1v) is 13.3. The number of anilines is 3. The smallest absolute Gasteiger partial charge is 0.416 e. The number of carboxylic acid groups (broad SMARTS) is 2. The molecule has 5 rings (SSSR count). The minimum atomic E-state index is -4.48. The largest absolute Gasteiger partial charge is 0.486 e.